The number of hydrogen-bond donors (Lipinski definition) is 1. The highest BCUT2D eigenvalue weighted by Gasteiger charge is 2.19. The fraction of sp³-hybridized carbons (Fsp3) is 0.333. The van der Waals surface area contributed by atoms with E-state index in [0.717, 1.165) is 4.90 Å². The smallest absolute Gasteiger partial charge is 0.206 e. The molecule has 0 unspecified atom stereocenters. The average molecular weight is 337 g/mol. The summed E-state index contributed by atoms with van der Waals surface area (Å²) in [7, 11) is 0. The molecule has 1 saturated carbocycles. The maximum absolute atomic E-state index is 12.5. The molecule has 0 spiro atoms. The topological polar surface area (TPSA) is 40.9 Å². The maximum Gasteiger partial charge on any atom is 0.206 e. The fourth-order valence-corrected chi connectivity index (χ4v) is 4.08. The molecular weight excluding hydrogens is 314 g/mol. The Hall–Kier alpha value is -1.87. The van der Waals surface area contributed by atoms with Gasteiger partial charge in [0.15, 0.2) is 0 Å². The summed E-state index contributed by atoms with van der Waals surface area (Å²) in [6.45, 7) is 0. The Balaban J connectivity index is 1.59. The van der Waals surface area contributed by atoms with Gasteiger partial charge in [0.25, 0.3) is 0 Å². The summed E-state index contributed by atoms with van der Waals surface area (Å²) in [5, 5.41) is 8.15. The zero-order chi connectivity index (χ0) is 16.8. The molecule has 3 heteroatoms. The summed E-state index contributed by atoms with van der Waals surface area (Å²) in [4.78, 5) is 14.7. The molecule has 0 radical (unpaired) electrons. The molecule has 0 aliphatic heterocycles. The van der Waals surface area contributed by atoms with Crippen LogP contribution in [-0.2, 0) is 0 Å². The number of carbonyl (C=O) groups is 1. The standard InChI is InChI=1S/C21H23NOS/c22-20(15-16-7-3-1-4-8-16)21(23)17-11-13-19(14-12-17)24-18-9-5-2-6-10-18/h2,5-6,9-14,16,22H,1,3-4,7-8,15H2. The Kier molecular flexibility index (Phi) is 5.86. The van der Waals surface area contributed by atoms with E-state index in [4.69, 9.17) is 5.41 Å². The van der Waals surface area contributed by atoms with Gasteiger partial charge in [0.05, 0.1) is 5.71 Å². The van der Waals surface area contributed by atoms with E-state index in [1.165, 1.54) is 37.0 Å². The number of carbonyl (C=O) groups excluding carboxylic acids is 1. The molecule has 0 aromatic heterocycles. The molecule has 2 aromatic carbocycles. The van der Waals surface area contributed by atoms with Crippen LogP contribution in [0, 0.1) is 11.3 Å². The molecule has 24 heavy (non-hydrogen) atoms. The van der Waals surface area contributed by atoms with E-state index in [9.17, 15) is 4.79 Å². The van der Waals surface area contributed by atoms with Gasteiger partial charge < -0.3 is 5.41 Å². The third-order valence-corrected chi connectivity index (χ3v) is 5.60. The van der Waals surface area contributed by atoms with Crippen molar-refractivity contribution >= 4 is 23.3 Å². The lowest BCUT2D eigenvalue weighted by Gasteiger charge is -2.21. The molecule has 0 heterocycles. The third-order valence-electron chi connectivity index (χ3n) is 4.59. The second kappa shape index (κ2) is 8.29. The molecule has 0 saturated heterocycles. The largest absolute Gasteiger partial charge is 0.301 e. The number of benzene rings is 2. The normalized spacial score (nSPS) is 15.2. The number of hydrogen-bond acceptors (Lipinski definition) is 3. The lowest BCUT2D eigenvalue weighted by molar-refractivity contribution is 0.106. The van der Waals surface area contributed by atoms with Gasteiger partial charge in [-0.25, -0.2) is 0 Å². The van der Waals surface area contributed by atoms with E-state index in [1.807, 2.05) is 42.5 Å². The minimum atomic E-state index is -0.114. The first-order valence-corrected chi connectivity index (χ1v) is 9.49. The number of nitrogens with one attached hydrogen (secondary N) is 1. The van der Waals surface area contributed by atoms with Crippen LogP contribution in [0.5, 0.6) is 0 Å². The molecule has 1 aliphatic carbocycles. The van der Waals surface area contributed by atoms with Crippen LogP contribution >= 0.6 is 11.8 Å². The van der Waals surface area contributed by atoms with Gasteiger partial charge in [-0.3, -0.25) is 4.79 Å². The summed E-state index contributed by atoms with van der Waals surface area (Å²) in [6, 6.07) is 17.8. The molecule has 2 nitrogen and oxygen atoms in total. The zero-order valence-corrected chi connectivity index (χ0v) is 14.6. The molecule has 0 bridgehead atoms. The highest BCUT2D eigenvalue weighted by molar-refractivity contribution is 7.99. The average Bonchev–Trinajstić information content (AvgIpc) is 2.63. The van der Waals surface area contributed by atoms with Gasteiger partial charge in [0.2, 0.25) is 5.78 Å². The molecule has 3 rings (SSSR count). The lowest BCUT2D eigenvalue weighted by Crippen LogP contribution is -2.19. The van der Waals surface area contributed by atoms with E-state index >= 15 is 0 Å². The van der Waals surface area contributed by atoms with Crippen LogP contribution in [0.3, 0.4) is 0 Å². The van der Waals surface area contributed by atoms with E-state index in [-0.39, 0.29) is 11.5 Å². The summed E-state index contributed by atoms with van der Waals surface area (Å²) in [5.41, 5.74) is 0.901. The first-order valence-electron chi connectivity index (χ1n) is 8.67. The van der Waals surface area contributed by atoms with Crippen molar-refractivity contribution in [1.29, 1.82) is 5.41 Å². The van der Waals surface area contributed by atoms with Crippen LogP contribution < -0.4 is 0 Å². The molecule has 0 atom stereocenters. The second-order valence-electron chi connectivity index (χ2n) is 6.46. The third kappa shape index (κ3) is 4.57. The van der Waals surface area contributed by atoms with Gasteiger partial charge in [-0.1, -0.05) is 62.1 Å². The molecule has 1 aliphatic rings. The van der Waals surface area contributed by atoms with Crippen molar-refractivity contribution in [3.05, 3.63) is 60.2 Å². The summed E-state index contributed by atoms with van der Waals surface area (Å²) in [5.74, 6) is 0.417. The van der Waals surface area contributed by atoms with Crippen molar-refractivity contribution in [2.75, 3.05) is 0 Å². The summed E-state index contributed by atoms with van der Waals surface area (Å²) < 4.78 is 0. The summed E-state index contributed by atoms with van der Waals surface area (Å²) >= 11 is 1.68. The van der Waals surface area contributed by atoms with Gasteiger partial charge in [0, 0.05) is 15.4 Å². The highest BCUT2D eigenvalue weighted by atomic mass is 32.2. The first kappa shape index (κ1) is 17.0. The van der Waals surface area contributed by atoms with Crippen LogP contribution in [0.25, 0.3) is 0 Å². The molecule has 1 N–H and O–H groups in total. The predicted molar refractivity (Wildman–Crippen MR) is 100 cm³/mol. The summed E-state index contributed by atoms with van der Waals surface area (Å²) in [6.07, 6.45) is 6.78. The Bertz CT molecular complexity index is 688. The molecular formula is C21H23NOS. The fourth-order valence-electron chi connectivity index (χ4n) is 3.25. The van der Waals surface area contributed by atoms with Gasteiger partial charge in [-0.05, 0) is 48.7 Å². The van der Waals surface area contributed by atoms with Crippen molar-refractivity contribution in [3.8, 4) is 0 Å². The molecule has 2 aromatic rings. The van der Waals surface area contributed by atoms with E-state index in [2.05, 4.69) is 12.1 Å². The number of rotatable bonds is 6. The van der Waals surface area contributed by atoms with Gasteiger partial charge in [0.1, 0.15) is 0 Å². The Morgan fingerprint density at radius 3 is 2.21 bits per heavy atom. The SMILES string of the molecule is N=C(CC1CCCCC1)C(=O)c1ccc(Sc2ccccc2)cc1. The van der Waals surface area contributed by atoms with Crippen molar-refractivity contribution < 1.29 is 4.79 Å². The predicted octanol–water partition coefficient (Wildman–Crippen LogP) is 6.01. The van der Waals surface area contributed by atoms with E-state index < -0.39 is 0 Å². The van der Waals surface area contributed by atoms with Crippen LogP contribution in [-0.4, -0.2) is 11.5 Å². The Morgan fingerprint density at radius 1 is 0.917 bits per heavy atom. The Morgan fingerprint density at radius 2 is 1.54 bits per heavy atom. The number of Topliss-reactive ketones (excluding diaryl/α,β-unsaturated/α-hetero) is 1. The van der Waals surface area contributed by atoms with Crippen LogP contribution in [0.4, 0.5) is 0 Å². The molecule has 0 amide bonds. The molecule has 124 valence electrons. The second-order valence-corrected chi connectivity index (χ2v) is 7.60. The van der Waals surface area contributed by atoms with Crippen molar-refractivity contribution in [3.63, 3.8) is 0 Å². The number of ketones is 1. The van der Waals surface area contributed by atoms with Gasteiger partial charge >= 0.3 is 0 Å². The molecule has 1 fully saturated rings. The van der Waals surface area contributed by atoms with Crippen LogP contribution in [0.2, 0.25) is 0 Å². The van der Waals surface area contributed by atoms with Crippen molar-refractivity contribution in [2.45, 2.75) is 48.3 Å². The van der Waals surface area contributed by atoms with Crippen molar-refractivity contribution in [2.24, 2.45) is 5.92 Å². The quantitative estimate of drug-likeness (QED) is 0.518. The van der Waals surface area contributed by atoms with Crippen molar-refractivity contribution in [1.82, 2.24) is 0 Å². The van der Waals surface area contributed by atoms with Gasteiger partial charge in [-0.15, -0.1) is 0 Å². The van der Waals surface area contributed by atoms with E-state index in [0.29, 0.717) is 17.9 Å². The van der Waals surface area contributed by atoms with Gasteiger partial charge in [-0.2, -0.15) is 0 Å². The van der Waals surface area contributed by atoms with Crippen LogP contribution in [0.15, 0.2) is 64.4 Å². The maximum atomic E-state index is 12.5. The zero-order valence-electron chi connectivity index (χ0n) is 13.8. The Labute approximate surface area is 148 Å². The minimum absolute atomic E-state index is 0.114. The van der Waals surface area contributed by atoms with E-state index in [1.54, 1.807) is 11.8 Å². The highest BCUT2D eigenvalue weighted by Crippen LogP contribution is 2.29. The van der Waals surface area contributed by atoms with Crippen LogP contribution in [0.1, 0.15) is 48.9 Å². The first-order chi connectivity index (χ1) is 11.7. The monoisotopic (exact) mass is 337 g/mol. The lowest BCUT2D eigenvalue weighted by atomic mass is 9.84. The minimum Gasteiger partial charge on any atom is -0.301 e.